The van der Waals surface area contributed by atoms with E-state index in [0.717, 1.165) is 72.2 Å². The number of rotatable bonds is 8. The third kappa shape index (κ3) is 5.94. The van der Waals surface area contributed by atoms with Gasteiger partial charge in [0.2, 0.25) is 0 Å². The Kier molecular flexibility index (Phi) is 7.76. The fraction of sp³-hybridized carbons (Fsp3) is 0.0169. The van der Waals surface area contributed by atoms with Gasteiger partial charge in [-0.15, -0.1) is 0 Å². The molecule has 0 unspecified atom stereocenters. The van der Waals surface area contributed by atoms with Crippen molar-refractivity contribution in [2.75, 3.05) is 4.90 Å². The first kappa shape index (κ1) is 31.3. The molecule has 0 aliphatic heterocycles. The summed E-state index contributed by atoms with van der Waals surface area (Å²) in [7, 11) is 0. The van der Waals surface area contributed by atoms with Crippen LogP contribution in [0.3, 0.4) is 0 Å². The van der Waals surface area contributed by atoms with E-state index in [-0.39, 0.29) is 29.9 Å². The monoisotopic (exact) mass is 767 g/mol. The minimum atomic E-state index is -0.683. The number of nitrogens with zero attached hydrogens (tertiary/aromatic N) is 1. The van der Waals surface area contributed by atoms with Crippen LogP contribution in [0.5, 0.6) is 0 Å². The summed E-state index contributed by atoms with van der Waals surface area (Å²) in [6.45, 7) is 0. The minimum absolute atomic E-state index is 0.0168. The zero-order valence-corrected chi connectivity index (χ0v) is 32.8. The van der Waals surface area contributed by atoms with Crippen molar-refractivity contribution in [2.24, 2.45) is 0 Å². The Hall–Kier alpha value is -7.74. The summed E-state index contributed by atoms with van der Waals surface area (Å²) >= 11 is 0. The van der Waals surface area contributed by atoms with Gasteiger partial charge in [-0.1, -0.05) is 206 Å². The van der Waals surface area contributed by atoms with E-state index in [2.05, 4.69) is 164 Å². The van der Waals surface area contributed by atoms with Gasteiger partial charge in [0.25, 0.3) is 0 Å². The second-order valence-electron chi connectivity index (χ2n) is 15.3. The number of benzene rings is 10. The van der Waals surface area contributed by atoms with Crippen LogP contribution in [0, 0.1) is 0 Å². The lowest BCUT2D eigenvalue weighted by Crippen LogP contribution is -2.28. The number of hydrogen-bond donors (Lipinski definition) is 0. The van der Waals surface area contributed by atoms with Crippen LogP contribution in [-0.2, 0) is 5.41 Å². The van der Waals surface area contributed by atoms with Crippen molar-refractivity contribution in [3.8, 4) is 44.5 Å². The SMILES string of the molecule is [2H]c1c([2H])c(-c2cccc3ccccc23)c([2H])c(N(c2ccc(-c3cccc(-c4ccccc4)c3)cc2)c2ccc3c(c2)C(c2ccccc2)(c2ccccc2)c2ccccc2-3)c1[2H]. The van der Waals surface area contributed by atoms with Crippen LogP contribution in [0.4, 0.5) is 17.1 Å². The molecule has 0 spiro atoms. The molecule has 1 heteroatoms. The summed E-state index contributed by atoms with van der Waals surface area (Å²) in [5.74, 6) is 0. The van der Waals surface area contributed by atoms with Crippen molar-refractivity contribution in [3.63, 3.8) is 0 Å². The summed E-state index contributed by atoms with van der Waals surface area (Å²) in [5, 5.41) is 1.86. The highest BCUT2D eigenvalue weighted by atomic mass is 15.1. The molecule has 0 amide bonds. The van der Waals surface area contributed by atoms with Gasteiger partial charge in [-0.2, -0.15) is 0 Å². The molecule has 0 saturated heterocycles. The van der Waals surface area contributed by atoms with Gasteiger partial charge < -0.3 is 4.90 Å². The maximum atomic E-state index is 10.1. The molecule has 10 aromatic rings. The van der Waals surface area contributed by atoms with E-state index in [1.165, 1.54) is 5.56 Å². The Bertz CT molecular complexity index is 3320. The van der Waals surface area contributed by atoms with E-state index >= 15 is 0 Å². The van der Waals surface area contributed by atoms with E-state index in [0.29, 0.717) is 11.1 Å². The number of hydrogen-bond acceptors (Lipinski definition) is 1. The smallest absolute Gasteiger partial charge is 0.0714 e. The van der Waals surface area contributed by atoms with E-state index in [1.807, 2.05) is 65.6 Å². The molecule has 0 N–H and O–H groups in total. The Balaban J connectivity index is 1.17. The van der Waals surface area contributed by atoms with Gasteiger partial charge in [0, 0.05) is 17.1 Å². The summed E-state index contributed by atoms with van der Waals surface area (Å²) < 4.78 is 38.4. The summed E-state index contributed by atoms with van der Waals surface area (Å²) in [6, 6.07) is 76.9. The van der Waals surface area contributed by atoms with Gasteiger partial charge in [0.1, 0.15) is 0 Å². The van der Waals surface area contributed by atoms with Crippen molar-refractivity contribution in [1.29, 1.82) is 0 Å². The molecule has 60 heavy (non-hydrogen) atoms. The van der Waals surface area contributed by atoms with Gasteiger partial charge in [0.15, 0.2) is 0 Å². The first-order chi connectivity index (χ1) is 31.4. The molecule has 0 saturated carbocycles. The van der Waals surface area contributed by atoms with Gasteiger partial charge >= 0.3 is 0 Å². The van der Waals surface area contributed by atoms with Crippen LogP contribution in [-0.4, -0.2) is 0 Å². The predicted molar refractivity (Wildman–Crippen MR) is 252 cm³/mol. The lowest BCUT2D eigenvalue weighted by atomic mass is 9.67. The van der Waals surface area contributed by atoms with Crippen LogP contribution in [0.25, 0.3) is 55.3 Å². The lowest BCUT2D eigenvalue weighted by Gasteiger charge is -2.35. The largest absolute Gasteiger partial charge is 0.310 e. The average Bonchev–Trinajstić information content (AvgIpc) is 3.66. The highest BCUT2D eigenvalue weighted by Crippen LogP contribution is 2.57. The summed E-state index contributed by atoms with van der Waals surface area (Å²) in [4.78, 5) is 1.96. The molecule has 1 nitrogen and oxygen atoms in total. The molecule has 0 bridgehead atoms. The molecular formula is C59H41N. The first-order valence-electron chi connectivity index (χ1n) is 22.4. The van der Waals surface area contributed by atoms with Crippen LogP contribution >= 0.6 is 0 Å². The molecule has 1 aliphatic rings. The molecule has 10 aromatic carbocycles. The van der Waals surface area contributed by atoms with Crippen LogP contribution < -0.4 is 4.90 Å². The Morgan fingerprint density at radius 1 is 0.350 bits per heavy atom. The van der Waals surface area contributed by atoms with E-state index < -0.39 is 5.41 Å². The molecule has 0 aromatic heterocycles. The van der Waals surface area contributed by atoms with E-state index in [9.17, 15) is 5.48 Å². The van der Waals surface area contributed by atoms with Crippen LogP contribution in [0.15, 0.2) is 249 Å². The maximum Gasteiger partial charge on any atom is 0.0714 e. The third-order valence-corrected chi connectivity index (χ3v) is 12.0. The average molecular weight is 768 g/mol. The molecular weight excluding hydrogens is 723 g/mol. The van der Waals surface area contributed by atoms with E-state index in [4.69, 9.17) is 0 Å². The van der Waals surface area contributed by atoms with E-state index in [1.54, 1.807) is 0 Å². The van der Waals surface area contributed by atoms with Gasteiger partial charge in [-0.3, -0.25) is 0 Å². The second-order valence-corrected chi connectivity index (χ2v) is 15.3. The van der Waals surface area contributed by atoms with Crippen molar-refractivity contribution < 1.29 is 5.48 Å². The molecule has 1 aliphatic carbocycles. The molecule has 0 fully saturated rings. The fourth-order valence-electron chi connectivity index (χ4n) is 9.31. The number of anilines is 3. The first-order valence-corrected chi connectivity index (χ1v) is 20.4. The van der Waals surface area contributed by atoms with Crippen molar-refractivity contribution >= 4 is 27.8 Å². The molecule has 0 radical (unpaired) electrons. The standard InChI is InChI=1S/C59H41N/c1-4-17-42(18-5-1)45-21-14-22-46(39-45)43-33-35-50(36-34-43)60(51-28-15-23-47(40-51)54-31-16-20-44-19-10-11-29-53(44)54)52-37-38-56-55-30-12-13-32-57(55)59(58(56)41-52,48-24-6-2-7-25-48)49-26-8-3-9-27-49/h1-41H/i15D,23D,28D,40D. The highest BCUT2D eigenvalue weighted by Gasteiger charge is 2.46. The topological polar surface area (TPSA) is 3.24 Å². The zero-order chi connectivity index (χ0) is 43.4. The fourth-order valence-corrected chi connectivity index (χ4v) is 9.31. The van der Waals surface area contributed by atoms with Gasteiger partial charge in [0.05, 0.1) is 10.9 Å². The molecule has 11 rings (SSSR count). The third-order valence-electron chi connectivity index (χ3n) is 12.0. The predicted octanol–water partition coefficient (Wildman–Crippen LogP) is 15.7. The molecule has 0 heterocycles. The Morgan fingerprint density at radius 3 is 1.65 bits per heavy atom. The highest BCUT2D eigenvalue weighted by molar-refractivity contribution is 5.98. The van der Waals surface area contributed by atoms with Crippen molar-refractivity contribution in [2.45, 2.75) is 5.41 Å². The number of fused-ring (bicyclic) bond motifs is 4. The molecule has 282 valence electrons. The van der Waals surface area contributed by atoms with Crippen molar-refractivity contribution in [1.82, 2.24) is 0 Å². The summed E-state index contributed by atoms with van der Waals surface area (Å²) in [6.07, 6.45) is 0. The lowest BCUT2D eigenvalue weighted by molar-refractivity contribution is 0.768. The van der Waals surface area contributed by atoms with Gasteiger partial charge in [-0.25, -0.2) is 0 Å². The maximum absolute atomic E-state index is 10.1. The van der Waals surface area contributed by atoms with Crippen molar-refractivity contribution in [3.05, 3.63) is 271 Å². The summed E-state index contributed by atoms with van der Waals surface area (Å²) in [5.41, 5.74) is 13.2. The minimum Gasteiger partial charge on any atom is -0.310 e. The second kappa shape index (κ2) is 14.9. The molecule has 0 atom stereocenters. The zero-order valence-electron chi connectivity index (χ0n) is 36.8. The normalized spacial score (nSPS) is 13.4. The van der Waals surface area contributed by atoms with Crippen LogP contribution in [0.2, 0.25) is 0 Å². The quantitative estimate of drug-likeness (QED) is 0.149. The van der Waals surface area contributed by atoms with Gasteiger partial charge in [-0.05, 0) is 120 Å². The van der Waals surface area contributed by atoms with Crippen LogP contribution in [0.1, 0.15) is 27.7 Å². The Morgan fingerprint density at radius 2 is 0.900 bits per heavy atom. The Labute approximate surface area is 357 Å².